The van der Waals surface area contributed by atoms with Gasteiger partial charge in [-0.1, -0.05) is 17.7 Å². The van der Waals surface area contributed by atoms with E-state index in [1.54, 1.807) is 42.1 Å². The van der Waals surface area contributed by atoms with E-state index >= 15 is 0 Å². The predicted octanol–water partition coefficient (Wildman–Crippen LogP) is 5.14. The van der Waals surface area contributed by atoms with Gasteiger partial charge in [0.1, 0.15) is 12.3 Å². The van der Waals surface area contributed by atoms with Crippen LogP contribution in [0.15, 0.2) is 52.3 Å². The molecule has 2 aromatic carbocycles. The molecule has 1 fully saturated rings. The Bertz CT molecular complexity index is 1030. The summed E-state index contributed by atoms with van der Waals surface area (Å²) < 4.78 is 5.55. The van der Waals surface area contributed by atoms with Crippen LogP contribution in [0.25, 0.3) is 6.08 Å². The molecule has 156 valence electrons. The number of carbonyl (C=O) groups is 3. The Kier molecular flexibility index (Phi) is 7.47. The van der Waals surface area contributed by atoms with Gasteiger partial charge >= 0.3 is 0 Å². The SMILES string of the molecule is CCOc1ccc(Cl)cc1/C=C1/SC(=O)N(CC(=O)Nc2cccc(SC)c2)C1=O. The van der Waals surface area contributed by atoms with Crippen LogP contribution in [-0.4, -0.2) is 41.4 Å². The second-order valence-electron chi connectivity index (χ2n) is 6.16. The summed E-state index contributed by atoms with van der Waals surface area (Å²) in [7, 11) is 0. The zero-order chi connectivity index (χ0) is 21.7. The number of carbonyl (C=O) groups excluding carboxylic acids is 3. The Morgan fingerprint density at radius 1 is 1.27 bits per heavy atom. The summed E-state index contributed by atoms with van der Waals surface area (Å²) in [6, 6.07) is 12.4. The molecule has 0 atom stereocenters. The standard InChI is InChI=1S/C21H19ClN2O4S2/c1-3-28-17-8-7-14(22)9-13(17)10-18-20(26)24(21(27)30-18)12-19(25)23-15-5-4-6-16(11-15)29-2/h4-11H,3,12H2,1-2H3,(H,23,25)/b18-10+. The molecule has 3 rings (SSSR count). The van der Waals surface area contributed by atoms with Gasteiger partial charge in [-0.15, -0.1) is 11.8 Å². The van der Waals surface area contributed by atoms with Crippen LogP contribution in [0.1, 0.15) is 12.5 Å². The van der Waals surface area contributed by atoms with Gasteiger partial charge in [-0.25, -0.2) is 0 Å². The quantitative estimate of drug-likeness (QED) is 0.453. The van der Waals surface area contributed by atoms with E-state index in [1.807, 2.05) is 31.4 Å². The number of imide groups is 1. The number of rotatable bonds is 7. The number of thioether (sulfide) groups is 2. The number of hydrogen-bond acceptors (Lipinski definition) is 6. The molecule has 1 aliphatic rings. The molecule has 0 bridgehead atoms. The van der Waals surface area contributed by atoms with E-state index < -0.39 is 17.1 Å². The minimum absolute atomic E-state index is 0.209. The van der Waals surface area contributed by atoms with Crippen LogP contribution in [0.2, 0.25) is 5.02 Å². The number of amides is 3. The lowest BCUT2D eigenvalue weighted by molar-refractivity contribution is -0.127. The van der Waals surface area contributed by atoms with Crippen molar-refractivity contribution in [3.63, 3.8) is 0 Å². The molecule has 0 spiro atoms. The molecule has 2 aromatic rings. The van der Waals surface area contributed by atoms with Crippen molar-refractivity contribution in [1.29, 1.82) is 0 Å². The Labute approximate surface area is 188 Å². The molecule has 30 heavy (non-hydrogen) atoms. The monoisotopic (exact) mass is 462 g/mol. The summed E-state index contributed by atoms with van der Waals surface area (Å²) in [5.41, 5.74) is 1.20. The van der Waals surface area contributed by atoms with Crippen LogP contribution in [0.3, 0.4) is 0 Å². The van der Waals surface area contributed by atoms with E-state index in [0.717, 1.165) is 21.6 Å². The van der Waals surface area contributed by atoms with Gasteiger partial charge in [0.15, 0.2) is 0 Å². The second-order valence-corrected chi connectivity index (χ2v) is 8.47. The number of ether oxygens (including phenoxy) is 1. The van der Waals surface area contributed by atoms with Gasteiger partial charge in [-0.05, 0) is 67.4 Å². The second kappa shape index (κ2) is 10.1. The zero-order valence-corrected chi connectivity index (χ0v) is 18.7. The minimum atomic E-state index is -0.527. The van der Waals surface area contributed by atoms with Crippen LogP contribution >= 0.6 is 35.1 Å². The van der Waals surface area contributed by atoms with Gasteiger partial charge in [-0.3, -0.25) is 19.3 Å². The van der Waals surface area contributed by atoms with Gasteiger partial charge in [0.25, 0.3) is 11.1 Å². The maximum Gasteiger partial charge on any atom is 0.294 e. The van der Waals surface area contributed by atoms with Crippen molar-refractivity contribution in [1.82, 2.24) is 4.90 Å². The molecule has 1 saturated heterocycles. The third-order valence-corrected chi connectivity index (χ3v) is 5.95. The average molecular weight is 463 g/mol. The van der Waals surface area contributed by atoms with Crippen molar-refractivity contribution < 1.29 is 19.1 Å². The van der Waals surface area contributed by atoms with Crippen molar-refractivity contribution in [2.45, 2.75) is 11.8 Å². The van der Waals surface area contributed by atoms with Crippen molar-refractivity contribution in [2.75, 3.05) is 24.7 Å². The fraction of sp³-hybridized carbons (Fsp3) is 0.190. The number of nitrogens with zero attached hydrogens (tertiary/aromatic N) is 1. The molecular formula is C21H19ClN2O4S2. The molecular weight excluding hydrogens is 444 g/mol. The molecule has 0 radical (unpaired) electrons. The molecule has 9 heteroatoms. The summed E-state index contributed by atoms with van der Waals surface area (Å²) in [5, 5.41) is 2.70. The minimum Gasteiger partial charge on any atom is -0.493 e. The predicted molar refractivity (Wildman–Crippen MR) is 122 cm³/mol. The van der Waals surface area contributed by atoms with E-state index in [9.17, 15) is 14.4 Å². The van der Waals surface area contributed by atoms with Gasteiger partial charge in [0.2, 0.25) is 5.91 Å². The highest BCUT2D eigenvalue weighted by molar-refractivity contribution is 8.18. The first kappa shape index (κ1) is 22.3. The van der Waals surface area contributed by atoms with E-state index in [4.69, 9.17) is 16.3 Å². The molecule has 0 aromatic heterocycles. The van der Waals surface area contributed by atoms with E-state index in [1.165, 1.54) is 0 Å². The zero-order valence-electron chi connectivity index (χ0n) is 16.3. The normalized spacial score (nSPS) is 15.0. The van der Waals surface area contributed by atoms with Crippen molar-refractivity contribution >= 4 is 63.9 Å². The first-order valence-corrected chi connectivity index (χ1v) is 11.4. The first-order valence-electron chi connectivity index (χ1n) is 9.03. The molecule has 3 amide bonds. The molecule has 0 aliphatic carbocycles. The first-order chi connectivity index (χ1) is 14.4. The molecule has 0 saturated carbocycles. The van der Waals surface area contributed by atoms with E-state index in [-0.39, 0.29) is 11.4 Å². The summed E-state index contributed by atoms with van der Waals surface area (Å²) in [4.78, 5) is 39.6. The summed E-state index contributed by atoms with van der Waals surface area (Å²) >= 11 is 8.39. The fourth-order valence-electron chi connectivity index (χ4n) is 2.74. The van der Waals surface area contributed by atoms with Gasteiger partial charge in [-0.2, -0.15) is 0 Å². The van der Waals surface area contributed by atoms with Gasteiger partial charge in [0.05, 0.1) is 11.5 Å². The lowest BCUT2D eigenvalue weighted by atomic mass is 10.2. The van der Waals surface area contributed by atoms with Crippen LogP contribution in [0.4, 0.5) is 10.5 Å². The Hall–Kier alpha value is -2.42. The van der Waals surface area contributed by atoms with Crippen molar-refractivity contribution in [3.05, 3.63) is 58.0 Å². The van der Waals surface area contributed by atoms with E-state index in [2.05, 4.69) is 5.32 Å². The summed E-state index contributed by atoms with van der Waals surface area (Å²) in [5.74, 6) is -0.421. The third-order valence-electron chi connectivity index (χ3n) is 4.09. The molecule has 1 heterocycles. The van der Waals surface area contributed by atoms with Crippen LogP contribution in [0, 0.1) is 0 Å². The van der Waals surface area contributed by atoms with Gasteiger partial charge in [0, 0.05) is 21.2 Å². The fourth-order valence-corrected chi connectivity index (χ4v) is 4.21. The summed E-state index contributed by atoms with van der Waals surface area (Å²) in [6.45, 7) is 1.93. The Morgan fingerprint density at radius 3 is 2.80 bits per heavy atom. The van der Waals surface area contributed by atoms with Crippen LogP contribution in [0.5, 0.6) is 5.75 Å². The maximum atomic E-state index is 12.7. The Morgan fingerprint density at radius 2 is 2.07 bits per heavy atom. The number of anilines is 1. The van der Waals surface area contributed by atoms with Crippen molar-refractivity contribution in [2.24, 2.45) is 0 Å². The van der Waals surface area contributed by atoms with Gasteiger partial charge < -0.3 is 10.1 Å². The van der Waals surface area contributed by atoms with E-state index in [0.29, 0.717) is 28.6 Å². The molecule has 0 unspecified atom stereocenters. The largest absolute Gasteiger partial charge is 0.493 e. The molecule has 6 nitrogen and oxygen atoms in total. The third kappa shape index (κ3) is 5.38. The number of nitrogens with one attached hydrogen (secondary N) is 1. The van der Waals surface area contributed by atoms with Crippen molar-refractivity contribution in [3.8, 4) is 5.75 Å². The topological polar surface area (TPSA) is 75.7 Å². The highest BCUT2D eigenvalue weighted by Crippen LogP contribution is 2.34. The highest BCUT2D eigenvalue weighted by Gasteiger charge is 2.36. The van der Waals surface area contributed by atoms with Crippen LogP contribution < -0.4 is 10.1 Å². The highest BCUT2D eigenvalue weighted by atomic mass is 35.5. The Balaban J connectivity index is 1.74. The molecule has 1 N–H and O–H groups in total. The number of benzene rings is 2. The smallest absolute Gasteiger partial charge is 0.294 e. The average Bonchev–Trinajstić information content (AvgIpc) is 2.97. The maximum absolute atomic E-state index is 12.7. The lowest BCUT2D eigenvalue weighted by Gasteiger charge is -2.13. The van der Waals surface area contributed by atoms with Crippen LogP contribution in [-0.2, 0) is 9.59 Å². The molecule has 1 aliphatic heterocycles. The number of halogens is 1. The summed E-state index contributed by atoms with van der Waals surface area (Å²) in [6.07, 6.45) is 3.49. The lowest BCUT2D eigenvalue weighted by Crippen LogP contribution is -2.36. The number of hydrogen-bond donors (Lipinski definition) is 1.